The fraction of sp³-hybridized carbons (Fsp3) is 0.364. The Kier molecular flexibility index (Phi) is 2.82. The number of fused-ring (bicyclic) bond motifs is 1. The lowest BCUT2D eigenvalue weighted by molar-refractivity contribution is 0.442. The molecular formula is C11H13N7O. The second kappa shape index (κ2) is 4.63. The Labute approximate surface area is 108 Å². The molecule has 0 unspecified atom stereocenters. The first-order valence-electron chi connectivity index (χ1n) is 5.90. The van der Waals surface area contributed by atoms with Gasteiger partial charge in [0.1, 0.15) is 30.2 Å². The van der Waals surface area contributed by atoms with Gasteiger partial charge in [-0.1, -0.05) is 5.16 Å². The largest absolute Gasteiger partial charge is 0.365 e. The minimum absolute atomic E-state index is 0.133. The van der Waals surface area contributed by atoms with Crippen LogP contribution in [0.5, 0.6) is 0 Å². The van der Waals surface area contributed by atoms with E-state index in [0.717, 1.165) is 16.9 Å². The van der Waals surface area contributed by atoms with Crippen LogP contribution >= 0.6 is 0 Å². The average molecular weight is 259 g/mol. The van der Waals surface area contributed by atoms with Crippen LogP contribution in [0.15, 0.2) is 23.5 Å². The molecule has 3 aromatic rings. The molecule has 19 heavy (non-hydrogen) atoms. The van der Waals surface area contributed by atoms with E-state index in [1.807, 2.05) is 13.8 Å². The van der Waals surface area contributed by atoms with Crippen molar-refractivity contribution in [1.29, 1.82) is 0 Å². The van der Waals surface area contributed by atoms with Crippen LogP contribution in [0.25, 0.3) is 11.1 Å². The lowest BCUT2D eigenvalue weighted by Gasteiger charge is -2.14. The quantitative estimate of drug-likeness (QED) is 0.747. The molecule has 3 aromatic heterocycles. The lowest BCUT2D eigenvalue weighted by atomic mass is 10.2. The Hall–Kier alpha value is -2.51. The van der Waals surface area contributed by atoms with E-state index in [1.54, 1.807) is 11.0 Å². The third-order valence-corrected chi connectivity index (χ3v) is 2.75. The molecule has 0 fully saturated rings. The van der Waals surface area contributed by atoms with Gasteiger partial charge in [-0.15, -0.1) is 0 Å². The highest BCUT2D eigenvalue weighted by atomic mass is 16.5. The molecule has 8 heteroatoms. The van der Waals surface area contributed by atoms with Crippen LogP contribution in [0, 0.1) is 6.92 Å². The Balaban J connectivity index is 1.83. The number of aryl methyl sites for hydroxylation is 1. The second-order valence-corrected chi connectivity index (χ2v) is 4.33. The predicted octanol–water partition coefficient (Wildman–Crippen LogP) is 1.02. The Bertz CT molecular complexity index is 675. The van der Waals surface area contributed by atoms with E-state index >= 15 is 0 Å². The van der Waals surface area contributed by atoms with Crippen molar-refractivity contribution < 1.29 is 4.52 Å². The zero-order chi connectivity index (χ0) is 13.2. The molecule has 0 aliphatic carbocycles. The van der Waals surface area contributed by atoms with Crippen LogP contribution < -0.4 is 5.32 Å². The molecule has 0 aliphatic heterocycles. The van der Waals surface area contributed by atoms with Crippen molar-refractivity contribution in [3.63, 3.8) is 0 Å². The number of anilines is 1. The fourth-order valence-corrected chi connectivity index (χ4v) is 1.92. The first kappa shape index (κ1) is 11.6. The maximum Gasteiger partial charge on any atom is 0.263 e. The molecule has 0 saturated carbocycles. The summed E-state index contributed by atoms with van der Waals surface area (Å²) in [5, 5.41) is 12.1. The number of hydrogen-bond donors (Lipinski definition) is 1. The van der Waals surface area contributed by atoms with Crippen molar-refractivity contribution >= 4 is 16.9 Å². The molecule has 3 heterocycles. The highest BCUT2D eigenvalue weighted by Crippen LogP contribution is 2.22. The molecule has 8 nitrogen and oxygen atoms in total. The van der Waals surface area contributed by atoms with Gasteiger partial charge in [-0.3, -0.25) is 4.68 Å². The molecule has 1 N–H and O–H groups in total. The molecule has 1 atom stereocenters. The first-order valence-corrected chi connectivity index (χ1v) is 5.90. The highest BCUT2D eigenvalue weighted by Gasteiger charge is 2.13. The summed E-state index contributed by atoms with van der Waals surface area (Å²) < 4.78 is 6.87. The predicted molar refractivity (Wildman–Crippen MR) is 67.4 cm³/mol. The smallest absolute Gasteiger partial charge is 0.263 e. The van der Waals surface area contributed by atoms with E-state index in [-0.39, 0.29) is 6.04 Å². The number of hydrogen-bond acceptors (Lipinski definition) is 7. The number of nitrogens with zero attached hydrogens (tertiary/aromatic N) is 6. The molecule has 0 saturated heterocycles. The maximum absolute atomic E-state index is 5.11. The van der Waals surface area contributed by atoms with Crippen molar-refractivity contribution in [2.24, 2.45) is 0 Å². The summed E-state index contributed by atoms with van der Waals surface area (Å²) in [4.78, 5) is 12.2. The fourth-order valence-electron chi connectivity index (χ4n) is 1.92. The molecule has 0 aromatic carbocycles. The standard InChI is InChI=1S/C11H13N7O/c1-7(3-18-6-12-4-15-18)16-10-9-8(2)17-19-11(9)14-5-13-10/h4-7H,3H2,1-2H3,(H,13,14,16)/t7-/m0/s1. The summed E-state index contributed by atoms with van der Waals surface area (Å²) in [6, 6.07) is 0.133. The van der Waals surface area contributed by atoms with Crippen LogP contribution in [-0.4, -0.2) is 35.9 Å². The minimum Gasteiger partial charge on any atom is -0.365 e. The Morgan fingerprint density at radius 1 is 1.37 bits per heavy atom. The van der Waals surface area contributed by atoms with E-state index in [0.29, 0.717) is 12.3 Å². The number of nitrogens with one attached hydrogen (secondary N) is 1. The Morgan fingerprint density at radius 3 is 3.05 bits per heavy atom. The summed E-state index contributed by atoms with van der Waals surface area (Å²) >= 11 is 0. The van der Waals surface area contributed by atoms with E-state index in [1.165, 1.54) is 12.7 Å². The first-order chi connectivity index (χ1) is 9.24. The monoisotopic (exact) mass is 259 g/mol. The summed E-state index contributed by atoms with van der Waals surface area (Å²) in [6.45, 7) is 4.59. The lowest BCUT2D eigenvalue weighted by Crippen LogP contribution is -2.23. The molecule has 0 bridgehead atoms. The van der Waals surface area contributed by atoms with Gasteiger partial charge >= 0.3 is 0 Å². The van der Waals surface area contributed by atoms with Crippen LogP contribution in [0.4, 0.5) is 5.82 Å². The van der Waals surface area contributed by atoms with Crippen molar-refractivity contribution in [2.75, 3.05) is 5.32 Å². The van der Waals surface area contributed by atoms with Crippen LogP contribution in [-0.2, 0) is 6.54 Å². The molecule has 0 amide bonds. The van der Waals surface area contributed by atoms with Gasteiger partial charge in [-0.25, -0.2) is 9.97 Å². The van der Waals surface area contributed by atoms with E-state index in [9.17, 15) is 0 Å². The van der Waals surface area contributed by atoms with Crippen molar-refractivity contribution in [1.82, 2.24) is 29.9 Å². The van der Waals surface area contributed by atoms with Crippen molar-refractivity contribution in [2.45, 2.75) is 26.4 Å². The summed E-state index contributed by atoms with van der Waals surface area (Å²) in [7, 11) is 0. The van der Waals surface area contributed by atoms with E-state index in [4.69, 9.17) is 4.52 Å². The normalized spacial score (nSPS) is 12.7. The third kappa shape index (κ3) is 2.24. The van der Waals surface area contributed by atoms with Gasteiger partial charge < -0.3 is 9.84 Å². The maximum atomic E-state index is 5.11. The average Bonchev–Trinajstić information content (AvgIpc) is 3.00. The molecule has 3 rings (SSSR count). The van der Waals surface area contributed by atoms with Gasteiger partial charge in [0.15, 0.2) is 0 Å². The zero-order valence-corrected chi connectivity index (χ0v) is 10.6. The van der Waals surface area contributed by atoms with Gasteiger partial charge in [0.05, 0.1) is 12.2 Å². The molecule has 0 radical (unpaired) electrons. The van der Waals surface area contributed by atoms with Crippen LogP contribution in [0.1, 0.15) is 12.6 Å². The molecule has 98 valence electrons. The van der Waals surface area contributed by atoms with Gasteiger partial charge in [0.2, 0.25) is 0 Å². The third-order valence-electron chi connectivity index (χ3n) is 2.75. The summed E-state index contributed by atoms with van der Waals surface area (Å²) in [5.41, 5.74) is 1.26. The van der Waals surface area contributed by atoms with E-state index < -0.39 is 0 Å². The summed E-state index contributed by atoms with van der Waals surface area (Å²) in [5.74, 6) is 0.719. The van der Waals surface area contributed by atoms with Crippen LogP contribution in [0.3, 0.4) is 0 Å². The van der Waals surface area contributed by atoms with Crippen molar-refractivity contribution in [3.8, 4) is 0 Å². The van der Waals surface area contributed by atoms with Crippen molar-refractivity contribution in [3.05, 3.63) is 24.7 Å². The number of aromatic nitrogens is 6. The summed E-state index contributed by atoms with van der Waals surface area (Å²) in [6.07, 6.45) is 4.65. The van der Waals surface area contributed by atoms with Crippen LogP contribution in [0.2, 0.25) is 0 Å². The SMILES string of the molecule is Cc1noc2ncnc(N[C@@H](C)Cn3cncn3)c12. The van der Waals surface area contributed by atoms with E-state index in [2.05, 4.69) is 30.5 Å². The van der Waals surface area contributed by atoms with Gasteiger partial charge in [-0.2, -0.15) is 10.1 Å². The molecule has 0 aliphatic rings. The minimum atomic E-state index is 0.133. The van der Waals surface area contributed by atoms with Gasteiger partial charge in [-0.05, 0) is 13.8 Å². The highest BCUT2D eigenvalue weighted by molar-refractivity contribution is 5.87. The Morgan fingerprint density at radius 2 is 2.26 bits per heavy atom. The number of rotatable bonds is 4. The van der Waals surface area contributed by atoms with Gasteiger partial charge in [0.25, 0.3) is 5.71 Å². The molecule has 0 spiro atoms. The zero-order valence-electron chi connectivity index (χ0n) is 10.6. The topological polar surface area (TPSA) is 94.6 Å². The molecular weight excluding hydrogens is 246 g/mol. The van der Waals surface area contributed by atoms with Gasteiger partial charge in [0, 0.05) is 6.04 Å². The second-order valence-electron chi connectivity index (χ2n) is 4.33.